The van der Waals surface area contributed by atoms with E-state index in [9.17, 15) is 4.79 Å². The highest BCUT2D eigenvalue weighted by molar-refractivity contribution is 9.10. The van der Waals surface area contributed by atoms with Gasteiger partial charge in [0.15, 0.2) is 0 Å². The number of aromatic carboxylic acids is 1. The van der Waals surface area contributed by atoms with Gasteiger partial charge in [0.1, 0.15) is 0 Å². The molecule has 0 radical (unpaired) electrons. The molecule has 0 spiro atoms. The van der Waals surface area contributed by atoms with Crippen molar-refractivity contribution in [2.75, 3.05) is 6.61 Å². The van der Waals surface area contributed by atoms with E-state index in [1.54, 1.807) is 23.9 Å². The number of hydrogen-bond donors (Lipinski definition) is 2. The van der Waals surface area contributed by atoms with Crippen molar-refractivity contribution < 1.29 is 15.0 Å². The molecular weight excluding hydrogens is 304 g/mol. The van der Waals surface area contributed by atoms with Gasteiger partial charge in [-0.25, -0.2) is 4.79 Å². The summed E-state index contributed by atoms with van der Waals surface area (Å²) >= 11 is 5.12. The number of benzene rings is 1. The normalized spacial score (nSPS) is 12.4. The van der Waals surface area contributed by atoms with Crippen LogP contribution in [0.5, 0.6) is 0 Å². The Balaban J connectivity index is 2.63. The maximum absolute atomic E-state index is 10.8. The summed E-state index contributed by atoms with van der Waals surface area (Å²) in [5, 5.41) is 18.0. The molecule has 94 valence electrons. The van der Waals surface area contributed by atoms with E-state index in [0.29, 0.717) is 5.25 Å². The zero-order chi connectivity index (χ0) is 12.8. The van der Waals surface area contributed by atoms with Crippen LogP contribution in [0.1, 0.15) is 29.3 Å². The van der Waals surface area contributed by atoms with Crippen LogP contribution in [0.25, 0.3) is 0 Å². The Morgan fingerprint density at radius 1 is 1.53 bits per heavy atom. The quantitative estimate of drug-likeness (QED) is 0.846. The Kier molecular flexibility index (Phi) is 6.02. The number of aliphatic hydroxyl groups is 1. The van der Waals surface area contributed by atoms with Gasteiger partial charge < -0.3 is 10.2 Å². The molecule has 0 saturated carbocycles. The van der Waals surface area contributed by atoms with E-state index in [4.69, 9.17) is 10.2 Å². The molecule has 0 aliphatic heterocycles. The van der Waals surface area contributed by atoms with Gasteiger partial charge in [0.2, 0.25) is 0 Å². The molecular formula is C12H15BrO3S. The van der Waals surface area contributed by atoms with Gasteiger partial charge in [0.25, 0.3) is 0 Å². The Hall–Kier alpha value is -0.520. The van der Waals surface area contributed by atoms with E-state index in [0.717, 1.165) is 22.2 Å². The van der Waals surface area contributed by atoms with Crippen LogP contribution in [0.4, 0.5) is 0 Å². The van der Waals surface area contributed by atoms with Gasteiger partial charge in [0, 0.05) is 22.1 Å². The summed E-state index contributed by atoms with van der Waals surface area (Å²) in [6.07, 6.45) is 0.773. The Labute approximate surface area is 113 Å². The van der Waals surface area contributed by atoms with Crippen LogP contribution in [0.15, 0.2) is 22.7 Å². The molecule has 0 heterocycles. The van der Waals surface area contributed by atoms with Crippen molar-refractivity contribution in [3.05, 3.63) is 33.8 Å². The highest BCUT2D eigenvalue weighted by Gasteiger charge is 2.08. The lowest BCUT2D eigenvalue weighted by molar-refractivity contribution is 0.0697. The lowest BCUT2D eigenvalue weighted by Gasteiger charge is -2.10. The minimum absolute atomic E-state index is 0.202. The average molecular weight is 319 g/mol. The maximum atomic E-state index is 10.8. The maximum Gasteiger partial charge on any atom is 0.335 e. The van der Waals surface area contributed by atoms with Crippen LogP contribution >= 0.6 is 27.7 Å². The van der Waals surface area contributed by atoms with Gasteiger partial charge in [-0.05, 0) is 24.1 Å². The highest BCUT2D eigenvalue weighted by atomic mass is 79.9. The molecule has 0 aliphatic carbocycles. The predicted molar refractivity (Wildman–Crippen MR) is 73.6 cm³/mol. The second-order valence-corrected chi connectivity index (χ2v) is 6.03. The molecule has 0 bridgehead atoms. The minimum atomic E-state index is -0.918. The number of thioether (sulfide) groups is 1. The third kappa shape index (κ3) is 4.69. The third-order valence-corrected chi connectivity index (χ3v) is 4.38. The van der Waals surface area contributed by atoms with Gasteiger partial charge in [-0.3, -0.25) is 0 Å². The molecule has 1 unspecified atom stereocenters. The first-order valence-electron chi connectivity index (χ1n) is 5.28. The molecule has 17 heavy (non-hydrogen) atoms. The number of carbonyl (C=O) groups is 1. The van der Waals surface area contributed by atoms with Crippen LogP contribution in [0, 0.1) is 0 Å². The van der Waals surface area contributed by atoms with Gasteiger partial charge in [-0.1, -0.05) is 28.9 Å². The lowest BCUT2D eigenvalue weighted by Crippen LogP contribution is -2.01. The van der Waals surface area contributed by atoms with Crippen molar-refractivity contribution in [3.8, 4) is 0 Å². The first-order chi connectivity index (χ1) is 8.04. The fourth-order valence-electron chi connectivity index (χ4n) is 1.29. The van der Waals surface area contributed by atoms with Crippen molar-refractivity contribution in [1.82, 2.24) is 0 Å². The zero-order valence-corrected chi connectivity index (χ0v) is 11.9. The zero-order valence-electron chi connectivity index (χ0n) is 9.52. The van der Waals surface area contributed by atoms with E-state index in [1.165, 1.54) is 0 Å². The Bertz CT molecular complexity index is 395. The van der Waals surface area contributed by atoms with E-state index in [1.807, 2.05) is 6.07 Å². The van der Waals surface area contributed by atoms with E-state index >= 15 is 0 Å². The molecule has 1 atom stereocenters. The van der Waals surface area contributed by atoms with Gasteiger partial charge >= 0.3 is 5.97 Å². The number of rotatable bonds is 6. The van der Waals surface area contributed by atoms with Gasteiger partial charge in [-0.15, -0.1) is 0 Å². The summed E-state index contributed by atoms with van der Waals surface area (Å²) < 4.78 is 0.820. The third-order valence-electron chi connectivity index (χ3n) is 2.36. The molecule has 0 amide bonds. The highest BCUT2D eigenvalue weighted by Crippen LogP contribution is 2.26. The molecule has 0 aliphatic rings. The number of carboxylic acid groups (broad SMARTS) is 1. The minimum Gasteiger partial charge on any atom is -0.478 e. The number of carboxylic acids is 1. The summed E-state index contributed by atoms with van der Waals surface area (Å²) in [5.41, 5.74) is 1.36. The average Bonchev–Trinajstić information content (AvgIpc) is 2.27. The van der Waals surface area contributed by atoms with Gasteiger partial charge in [0.05, 0.1) is 5.56 Å². The Morgan fingerprint density at radius 2 is 2.24 bits per heavy atom. The van der Waals surface area contributed by atoms with Crippen LogP contribution in [-0.2, 0) is 5.75 Å². The molecule has 0 aromatic heterocycles. The van der Waals surface area contributed by atoms with Crippen molar-refractivity contribution in [1.29, 1.82) is 0 Å². The topological polar surface area (TPSA) is 57.5 Å². The fraction of sp³-hybridized carbons (Fsp3) is 0.417. The van der Waals surface area contributed by atoms with Gasteiger partial charge in [-0.2, -0.15) is 11.8 Å². The molecule has 5 heteroatoms. The van der Waals surface area contributed by atoms with E-state index in [-0.39, 0.29) is 12.2 Å². The summed E-state index contributed by atoms with van der Waals surface area (Å²) in [6, 6.07) is 5.06. The van der Waals surface area contributed by atoms with Crippen LogP contribution in [0.2, 0.25) is 0 Å². The SMILES string of the molecule is CC(CCO)SCc1ccc(C(=O)O)cc1Br. The second kappa shape index (κ2) is 7.03. The van der Waals surface area contributed by atoms with Crippen LogP contribution < -0.4 is 0 Å². The fourth-order valence-corrected chi connectivity index (χ4v) is 2.99. The predicted octanol–water partition coefficient (Wildman–Crippen LogP) is 3.15. The summed E-state index contributed by atoms with van der Waals surface area (Å²) in [6.45, 7) is 2.27. The molecule has 1 aromatic carbocycles. The first-order valence-corrected chi connectivity index (χ1v) is 7.13. The largest absolute Gasteiger partial charge is 0.478 e. The molecule has 2 N–H and O–H groups in total. The van der Waals surface area contributed by atoms with E-state index < -0.39 is 5.97 Å². The standard InChI is InChI=1S/C12H15BrO3S/c1-8(4-5-14)17-7-10-3-2-9(12(15)16)6-11(10)13/h2-3,6,8,14H,4-5,7H2,1H3,(H,15,16). The Morgan fingerprint density at radius 3 is 2.76 bits per heavy atom. The smallest absolute Gasteiger partial charge is 0.335 e. The van der Waals surface area contributed by atoms with Crippen molar-refractivity contribution in [2.45, 2.75) is 24.3 Å². The van der Waals surface area contributed by atoms with E-state index in [2.05, 4.69) is 22.9 Å². The van der Waals surface area contributed by atoms with Crippen LogP contribution in [0.3, 0.4) is 0 Å². The summed E-state index contributed by atoms with van der Waals surface area (Å²) in [7, 11) is 0. The first kappa shape index (κ1) is 14.5. The summed E-state index contributed by atoms with van der Waals surface area (Å²) in [4.78, 5) is 10.8. The molecule has 0 fully saturated rings. The molecule has 3 nitrogen and oxygen atoms in total. The van der Waals surface area contributed by atoms with Crippen molar-refractivity contribution >= 4 is 33.7 Å². The number of hydrogen-bond acceptors (Lipinski definition) is 3. The van der Waals surface area contributed by atoms with Crippen molar-refractivity contribution in [2.24, 2.45) is 0 Å². The van der Waals surface area contributed by atoms with Crippen LogP contribution in [-0.4, -0.2) is 28.0 Å². The summed E-state index contributed by atoms with van der Waals surface area (Å²) in [5.74, 6) is -0.111. The molecule has 0 saturated heterocycles. The number of halogens is 1. The number of aliphatic hydroxyl groups excluding tert-OH is 1. The molecule has 1 aromatic rings. The second-order valence-electron chi connectivity index (χ2n) is 3.75. The van der Waals surface area contributed by atoms with Crippen molar-refractivity contribution in [3.63, 3.8) is 0 Å². The molecule has 1 rings (SSSR count). The lowest BCUT2D eigenvalue weighted by atomic mass is 10.1. The monoisotopic (exact) mass is 318 g/mol.